The van der Waals surface area contributed by atoms with E-state index in [1.807, 2.05) is 18.2 Å². The molecule has 1 atom stereocenters. The van der Waals surface area contributed by atoms with Gasteiger partial charge in [-0.3, -0.25) is 4.90 Å². The largest absolute Gasteiger partial charge is 0.481 e. The lowest BCUT2D eigenvalue weighted by atomic mass is 9.92. The molecular formula is C15H21N5O2. The fraction of sp³-hybridized carbons (Fsp3) is 0.533. The van der Waals surface area contributed by atoms with Crippen LogP contribution in [0.1, 0.15) is 18.5 Å². The van der Waals surface area contributed by atoms with Gasteiger partial charge in [0.05, 0.1) is 31.1 Å². The molecule has 1 aliphatic rings. The zero-order valence-corrected chi connectivity index (χ0v) is 12.7. The molecule has 1 saturated heterocycles. The van der Waals surface area contributed by atoms with Gasteiger partial charge in [-0.25, -0.2) is 9.67 Å². The molecule has 1 fully saturated rings. The Balaban J connectivity index is 1.64. The average Bonchev–Trinajstić information content (AvgIpc) is 2.99. The summed E-state index contributed by atoms with van der Waals surface area (Å²) in [5.74, 6) is 0.618. The molecule has 3 rings (SSSR count). The zero-order chi connectivity index (χ0) is 15.4. The number of piperidine rings is 1. The second-order valence-electron chi connectivity index (χ2n) is 5.81. The van der Waals surface area contributed by atoms with Crippen LogP contribution in [0.4, 0.5) is 0 Å². The highest BCUT2D eigenvalue weighted by Gasteiger charge is 2.34. The van der Waals surface area contributed by atoms with E-state index in [2.05, 4.69) is 20.2 Å². The fourth-order valence-electron chi connectivity index (χ4n) is 2.98. The van der Waals surface area contributed by atoms with Crippen molar-refractivity contribution >= 4 is 0 Å². The molecule has 1 unspecified atom stereocenters. The molecular weight excluding hydrogens is 282 g/mol. The summed E-state index contributed by atoms with van der Waals surface area (Å²) in [6.07, 6.45) is 5.13. The summed E-state index contributed by atoms with van der Waals surface area (Å²) in [6, 6.07) is 5.75. The maximum atomic E-state index is 10.8. The Morgan fingerprint density at radius 1 is 1.41 bits per heavy atom. The van der Waals surface area contributed by atoms with Crippen LogP contribution >= 0.6 is 0 Å². The smallest absolute Gasteiger partial charge is 0.213 e. The lowest BCUT2D eigenvalue weighted by molar-refractivity contribution is -0.0481. The van der Waals surface area contributed by atoms with Crippen molar-refractivity contribution in [3.05, 3.63) is 36.3 Å². The first-order chi connectivity index (χ1) is 10.7. The first-order valence-electron chi connectivity index (χ1n) is 7.46. The normalized spacial score (nSPS) is 22.6. The number of hydrogen-bond acceptors (Lipinski definition) is 6. The number of hydrogen-bond donors (Lipinski definition) is 1. The maximum absolute atomic E-state index is 10.8. The lowest BCUT2D eigenvalue weighted by Gasteiger charge is -2.38. The van der Waals surface area contributed by atoms with E-state index in [1.54, 1.807) is 24.2 Å². The molecule has 0 aliphatic carbocycles. The number of nitrogens with zero attached hydrogens (tertiary/aromatic N) is 5. The number of β-amino-alcohol motifs (C(OH)–C–C–N with tert-alkyl or cyclic N) is 1. The van der Waals surface area contributed by atoms with Gasteiger partial charge in [-0.1, -0.05) is 11.3 Å². The van der Waals surface area contributed by atoms with E-state index < -0.39 is 5.60 Å². The number of aromatic nitrogens is 4. The molecule has 0 radical (unpaired) electrons. The van der Waals surface area contributed by atoms with Crippen LogP contribution in [0, 0.1) is 0 Å². The van der Waals surface area contributed by atoms with Crippen molar-refractivity contribution in [1.82, 2.24) is 24.9 Å². The standard InChI is InChI=1S/C15H21N5O2/c1-22-14-5-2-4-13(17-14)10-19-8-3-6-15(21,11-19)12-20-9-7-16-18-20/h2,4-5,7,9,21H,3,6,8,10-12H2,1H3. The number of ether oxygens (including phenoxy) is 1. The predicted octanol–water partition coefficient (Wildman–Crippen LogP) is 0.709. The van der Waals surface area contributed by atoms with E-state index in [-0.39, 0.29) is 0 Å². The van der Waals surface area contributed by atoms with Crippen molar-refractivity contribution in [2.75, 3.05) is 20.2 Å². The Hall–Kier alpha value is -1.99. The van der Waals surface area contributed by atoms with Crippen LogP contribution in [0.2, 0.25) is 0 Å². The Bertz CT molecular complexity index is 604. The molecule has 118 valence electrons. The van der Waals surface area contributed by atoms with Gasteiger partial charge < -0.3 is 9.84 Å². The molecule has 2 aromatic heterocycles. The molecule has 7 nitrogen and oxygen atoms in total. The molecule has 7 heteroatoms. The molecule has 22 heavy (non-hydrogen) atoms. The quantitative estimate of drug-likeness (QED) is 0.876. The topological polar surface area (TPSA) is 76.3 Å². The van der Waals surface area contributed by atoms with Gasteiger partial charge in [-0.2, -0.15) is 0 Å². The van der Waals surface area contributed by atoms with Crippen LogP contribution < -0.4 is 4.74 Å². The van der Waals surface area contributed by atoms with Crippen LogP contribution in [-0.2, 0) is 13.1 Å². The Morgan fingerprint density at radius 3 is 3.09 bits per heavy atom. The van der Waals surface area contributed by atoms with E-state index in [9.17, 15) is 5.11 Å². The van der Waals surface area contributed by atoms with Crippen LogP contribution in [0.25, 0.3) is 0 Å². The third-order valence-corrected chi connectivity index (χ3v) is 3.94. The third kappa shape index (κ3) is 3.61. The highest BCUT2D eigenvalue weighted by Crippen LogP contribution is 2.24. The predicted molar refractivity (Wildman–Crippen MR) is 80.3 cm³/mol. The zero-order valence-electron chi connectivity index (χ0n) is 12.7. The van der Waals surface area contributed by atoms with Crippen molar-refractivity contribution in [2.24, 2.45) is 0 Å². The Kier molecular flexibility index (Phi) is 4.35. The molecule has 0 aromatic carbocycles. The summed E-state index contributed by atoms with van der Waals surface area (Å²) in [5.41, 5.74) is 0.175. The van der Waals surface area contributed by atoms with Gasteiger partial charge in [0.25, 0.3) is 0 Å². The Morgan fingerprint density at radius 2 is 2.32 bits per heavy atom. The van der Waals surface area contributed by atoms with Crippen LogP contribution in [0.3, 0.4) is 0 Å². The van der Waals surface area contributed by atoms with E-state index in [1.165, 1.54) is 0 Å². The summed E-state index contributed by atoms with van der Waals surface area (Å²) in [5, 5.41) is 18.6. The van der Waals surface area contributed by atoms with Crippen LogP contribution in [-0.4, -0.2) is 55.8 Å². The number of methoxy groups -OCH3 is 1. The fourth-order valence-corrected chi connectivity index (χ4v) is 2.98. The van der Waals surface area contributed by atoms with Crippen molar-refractivity contribution in [2.45, 2.75) is 31.5 Å². The van der Waals surface area contributed by atoms with Gasteiger partial charge in [0.2, 0.25) is 5.88 Å². The summed E-state index contributed by atoms with van der Waals surface area (Å²) < 4.78 is 6.85. The third-order valence-electron chi connectivity index (χ3n) is 3.94. The van der Waals surface area contributed by atoms with E-state index in [0.29, 0.717) is 25.5 Å². The molecule has 0 bridgehead atoms. The SMILES string of the molecule is COc1cccc(CN2CCCC(O)(Cn3ccnn3)C2)n1. The number of aliphatic hydroxyl groups is 1. The lowest BCUT2D eigenvalue weighted by Crippen LogP contribution is -2.50. The summed E-state index contributed by atoms with van der Waals surface area (Å²) in [7, 11) is 1.61. The van der Waals surface area contributed by atoms with Gasteiger partial charge in [0, 0.05) is 25.4 Å². The number of likely N-dealkylation sites (tertiary alicyclic amines) is 1. The van der Waals surface area contributed by atoms with Gasteiger partial charge >= 0.3 is 0 Å². The summed E-state index contributed by atoms with van der Waals surface area (Å²) in [6.45, 7) is 2.73. The molecule has 0 spiro atoms. The van der Waals surface area contributed by atoms with Gasteiger partial charge in [-0.05, 0) is 25.5 Å². The maximum Gasteiger partial charge on any atom is 0.213 e. The number of rotatable bonds is 5. The van der Waals surface area contributed by atoms with Gasteiger partial charge in [0.15, 0.2) is 0 Å². The van der Waals surface area contributed by atoms with Crippen molar-refractivity contribution in [1.29, 1.82) is 0 Å². The van der Waals surface area contributed by atoms with Crippen LogP contribution in [0.15, 0.2) is 30.6 Å². The first kappa shape index (κ1) is 14.9. The highest BCUT2D eigenvalue weighted by atomic mass is 16.5. The molecule has 2 aromatic rings. The van der Waals surface area contributed by atoms with Crippen molar-refractivity contribution < 1.29 is 9.84 Å². The summed E-state index contributed by atoms with van der Waals surface area (Å²) >= 11 is 0. The van der Waals surface area contributed by atoms with E-state index in [0.717, 1.165) is 25.1 Å². The van der Waals surface area contributed by atoms with Crippen molar-refractivity contribution in [3.63, 3.8) is 0 Å². The minimum Gasteiger partial charge on any atom is -0.481 e. The van der Waals surface area contributed by atoms with E-state index in [4.69, 9.17) is 4.74 Å². The Labute approximate surface area is 129 Å². The first-order valence-corrected chi connectivity index (χ1v) is 7.46. The van der Waals surface area contributed by atoms with Gasteiger partial charge in [-0.15, -0.1) is 5.10 Å². The monoisotopic (exact) mass is 303 g/mol. The van der Waals surface area contributed by atoms with Crippen LogP contribution in [0.5, 0.6) is 5.88 Å². The second-order valence-corrected chi connectivity index (χ2v) is 5.81. The minimum atomic E-state index is -0.773. The molecule has 1 N–H and O–H groups in total. The average molecular weight is 303 g/mol. The van der Waals surface area contributed by atoms with Gasteiger partial charge in [0.1, 0.15) is 0 Å². The molecule has 0 amide bonds. The molecule has 3 heterocycles. The second kappa shape index (κ2) is 6.41. The molecule has 1 aliphatic heterocycles. The van der Waals surface area contributed by atoms with E-state index >= 15 is 0 Å². The minimum absolute atomic E-state index is 0.467. The number of pyridine rings is 1. The summed E-state index contributed by atoms with van der Waals surface area (Å²) in [4.78, 5) is 6.66. The van der Waals surface area contributed by atoms with Crippen molar-refractivity contribution in [3.8, 4) is 5.88 Å². The molecule has 0 saturated carbocycles. The highest BCUT2D eigenvalue weighted by molar-refractivity contribution is 5.15.